The van der Waals surface area contributed by atoms with E-state index >= 15 is 0 Å². The van der Waals surface area contributed by atoms with Crippen molar-refractivity contribution >= 4 is 19.8 Å². The maximum atomic E-state index is 11.9. The van der Waals surface area contributed by atoms with Gasteiger partial charge in [-0.3, -0.25) is 14.1 Å². The summed E-state index contributed by atoms with van der Waals surface area (Å²) in [6.45, 7) is 2.28. The standard InChI is InChI=1S/C27H41O9P/c1-3-4-16-19-25(29)20-17-14-12-10-8-6-5-7-9-11-13-15-18-21-27(30)36-26(22-34-24(2)28)23-35-37(31,32)33/h4,6-9,12-17,20,25-26,29H,3,5,10-11,18-19,21-23H2,1-2H3,(H2,31,32,33)/b8-6-,9-7-,14-12+,15-13-,16-4-,20-17+/t25?,26-/m1/s1. The zero-order valence-corrected chi connectivity index (χ0v) is 22.6. The van der Waals surface area contributed by atoms with Crippen LogP contribution < -0.4 is 0 Å². The molecule has 208 valence electrons. The van der Waals surface area contributed by atoms with Crippen LogP contribution in [0.15, 0.2) is 72.9 Å². The Hall–Kier alpha value is -2.55. The van der Waals surface area contributed by atoms with Crippen LogP contribution in [-0.2, 0) is 28.2 Å². The predicted octanol–water partition coefficient (Wildman–Crippen LogP) is 5.02. The summed E-state index contributed by atoms with van der Waals surface area (Å²) < 4.78 is 25.0. The molecular weight excluding hydrogens is 499 g/mol. The Morgan fingerprint density at radius 1 is 0.865 bits per heavy atom. The Kier molecular flexibility index (Phi) is 21.1. The molecule has 0 saturated heterocycles. The number of allylic oxidation sites excluding steroid dienone is 10. The van der Waals surface area contributed by atoms with E-state index in [0.29, 0.717) is 19.3 Å². The third-order valence-corrected chi connectivity index (χ3v) is 4.88. The molecule has 0 spiro atoms. The molecule has 0 rings (SSSR count). The summed E-state index contributed by atoms with van der Waals surface area (Å²) >= 11 is 0. The van der Waals surface area contributed by atoms with E-state index in [9.17, 15) is 19.3 Å². The minimum Gasteiger partial charge on any atom is -0.462 e. The molecule has 0 aliphatic rings. The molecule has 0 bridgehead atoms. The SMILES string of the molecule is CC/C=C\CC(O)/C=C/C=C/C/C=C\C/C=C\C/C=C\CCC(=O)O[C@H](COC(C)=O)COP(=O)(O)O. The Morgan fingerprint density at radius 2 is 1.49 bits per heavy atom. The van der Waals surface area contributed by atoms with E-state index in [2.05, 4.69) is 23.6 Å². The minimum atomic E-state index is -4.74. The van der Waals surface area contributed by atoms with Crippen LogP contribution in [0.25, 0.3) is 0 Å². The third kappa shape index (κ3) is 26.3. The number of rotatable bonds is 20. The molecule has 0 aliphatic heterocycles. The summed E-state index contributed by atoms with van der Waals surface area (Å²) in [5, 5.41) is 9.74. The van der Waals surface area contributed by atoms with Gasteiger partial charge < -0.3 is 24.4 Å². The fraction of sp³-hybridized carbons (Fsp3) is 0.481. The van der Waals surface area contributed by atoms with Crippen molar-refractivity contribution < 1.29 is 43.0 Å². The zero-order chi connectivity index (χ0) is 27.8. The first-order valence-electron chi connectivity index (χ1n) is 12.3. The number of carbonyl (C=O) groups excluding carboxylic acids is 2. The zero-order valence-electron chi connectivity index (χ0n) is 21.7. The number of phosphoric acid groups is 1. The van der Waals surface area contributed by atoms with Crippen molar-refractivity contribution in [3.8, 4) is 0 Å². The number of hydrogen-bond donors (Lipinski definition) is 3. The molecule has 0 aromatic rings. The maximum Gasteiger partial charge on any atom is 0.469 e. The summed E-state index contributed by atoms with van der Waals surface area (Å²) in [4.78, 5) is 40.4. The smallest absolute Gasteiger partial charge is 0.462 e. The second-order valence-corrected chi connectivity index (χ2v) is 9.10. The van der Waals surface area contributed by atoms with Crippen LogP contribution in [0.1, 0.15) is 58.8 Å². The van der Waals surface area contributed by atoms with Crippen LogP contribution in [0, 0.1) is 0 Å². The highest BCUT2D eigenvalue weighted by Crippen LogP contribution is 2.35. The number of esters is 2. The van der Waals surface area contributed by atoms with Gasteiger partial charge in [-0.1, -0.05) is 79.8 Å². The van der Waals surface area contributed by atoms with Gasteiger partial charge in [0.15, 0.2) is 6.10 Å². The molecule has 1 unspecified atom stereocenters. The highest BCUT2D eigenvalue weighted by atomic mass is 31.2. The topological polar surface area (TPSA) is 140 Å². The second kappa shape index (κ2) is 22.6. The maximum absolute atomic E-state index is 11.9. The number of phosphoric ester groups is 1. The van der Waals surface area contributed by atoms with E-state index < -0.39 is 38.6 Å². The number of aliphatic hydroxyl groups is 1. The van der Waals surface area contributed by atoms with Crippen molar-refractivity contribution in [3.05, 3.63) is 72.9 Å². The van der Waals surface area contributed by atoms with Crippen molar-refractivity contribution in [2.45, 2.75) is 71.0 Å². The lowest BCUT2D eigenvalue weighted by atomic mass is 10.2. The Bertz CT molecular complexity index is 850. The summed E-state index contributed by atoms with van der Waals surface area (Å²) in [5.74, 6) is -1.21. The lowest BCUT2D eigenvalue weighted by Gasteiger charge is -2.17. The Balaban J connectivity index is 4.05. The first kappa shape index (κ1) is 34.5. The molecule has 2 atom stereocenters. The van der Waals surface area contributed by atoms with Gasteiger partial charge in [0.25, 0.3) is 0 Å². The number of carbonyl (C=O) groups is 2. The van der Waals surface area contributed by atoms with Crippen LogP contribution in [0.3, 0.4) is 0 Å². The van der Waals surface area contributed by atoms with Gasteiger partial charge in [-0.2, -0.15) is 0 Å². The first-order valence-corrected chi connectivity index (χ1v) is 13.8. The molecule has 9 nitrogen and oxygen atoms in total. The highest BCUT2D eigenvalue weighted by molar-refractivity contribution is 7.46. The van der Waals surface area contributed by atoms with Gasteiger partial charge in [-0.15, -0.1) is 0 Å². The molecule has 10 heteroatoms. The molecule has 0 saturated carbocycles. The average molecular weight is 541 g/mol. The molecule has 0 aliphatic carbocycles. The Labute approximate surface area is 220 Å². The molecule has 0 aromatic carbocycles. The summed E-state index contributed by atoms with van der Waals surface area (Å²) in [7, 11) is -4.74. The van der Waals surface area contributed by atoms with Gasteiger partial charge in [-0.25, -0.2) is 4.57 Å². The van der Waals surface area contributed by atoms with E-state index in [0.717, 1.165) is 26.2 Å². The van der Waals surface area contributed by atoms with E-state index in [-0.39, 0.29) is 13.0 Å². The van der Waals surface area contributed by atoms with Gasteiger partial charge in [-0.05, 0) is 38.5 Å². The lowest BCUT2D eigenvalue weighted by molar-refractivity contribution is -0.160. The molecular formula is C27H41O9P. The van der Waals surface area contributed by atoms with Crippen LogP contribution >= 0.6 is 7.82 Å². The average Bonchev–Trinajstić information content (AvgIpc) is 2.82. The first-order chi connectivity index (χ1) is 17.6. The van der Waals surface area contributed by atoms with E-state index in [1.54, 1.807) is 6.08 Å². The van der Waals surface area contributed by atoms with Crippen LogP contribution in [0.5, 0.6) is 0 Å². The van der Waals surface area contributed by atoms with Crippen LogP contribution in [-0.4, -0.2) is 52.3 Å². The molecule has 3 N–H and O–H groups in total. The molecule has 0 aromatic heterocycles. The highest BCUT2D eigenvalue weighted by Gasteiger charge is 2.22. The molecule has 0 fully saturated rings. The monoisotopic (exact) mass is 540 g/mol. The largest absolute Gasteiger partial charge is 0.469 e. The third-order valence-electron chi connectivity index (χ3n) is 4.39. The van der Waals surface area contributed by atoms with Crippen molar-refractivity contribution in [1.82, 2.24) is 0 Å². The van der Waals surface area contributed by atoms with Crippen molar-refractivity contribution in [2.75, 3.05) is 13.2 Å². The number of aliphatic hydroxyl groups excluding tert-OH is 1. The van der Waals surface area contributed by atoms with Crippen LogP contribution in [0.2, 0.25) is 0 Å². The van der Waals surface area contributed by atoms with Crippen LogP contribution in [0.4, 0.5) is 0 Å². The van der Waals surface area contributed by atoms with Gasteiger partial charge in [0.2, 0.25) is 0 Å². The molecule has 0 radical (unpaired) electrons. The Morgan fingerprint density at radius 3 is 2.08 bits per heavy atom. The molecule has 0 amide bonds. The van der Waals surface area contributed by atoms with E-state index in [1.807, 2.05) is 54.7 Å². The predicted molar refractivity (Wildman–Crippen MR) is 143 cm³/mol. The number of ether oxygens (including phenoxy) is 2. The normalized spacial score (nSPS) is 14.6. The minimum absolute atomic E-state index is 0.0625. The second-order valence-electron chi connectivity index (χ2n) is 7.86. The molecule has 0 heterocycles. The fourth-order valence-corrected chi connectivity index (χ4v) is 2.98. The molecule has 37 heavy (non-hydrogen) atoms. The summed E-state index contributed by atoms with van der Waals surface area (Å²) in [6, 6.07) is 0. The van der Waals surface area contributed by atoms with E-state index in [1.165, 1.54) is 0 Å². The quantitative estimate of drug-likeness (QED) is 0.0840. The van der Waals surface area contributed by atoms with Gasteiger partial charge in [0.1, 0.15) is 6.61 Å². The van der Waals surface area contributed by atoms with Gasteiger partial charge in [0, 0.05) is 13.3 Å². The van der Waals surface area contributed by atoms with Crippen molar-refractivity contribution in [3.63, 3.8) is 0 Å². The van der Waals surface area contributed by atoms with Crippen molar-refractivity contribution in [1.29, 1.82) is 0 Å². The lowest BCUT2D eigenvalue weighted by Crippen LogP contribution is -2.29. The van der Waals surface area contributed by atoms with Crippen molar-refractivity contribution in [2.24, 2.45) is 0 Å². The summed E-state index contributed by atoms with van der Waals surface area (Å²) in [5.41, 5.74) is 0. The van der Waals surface area contributed by atoms with Gasteiger partial charge >= 0.3 is 19.8 Å². The summed E-state index contributed by atoms with van der Waals surface area (Å²) in [6.07, 6.45) is 26.4. The number of hydrogen-bond acceptors (Lipinski definition) is 7. The van der Waals surface area contributed by atoms with E-state index in [4.69, 9.17) is 19.3 Å². The fourth-order valence-electron chi connectivity index (χ4n) is 2.62. The van der Waals surface area contributed by atoms with Gasteiger partial charge in [0.05, 0.1) is 12.7 Å².